The highest BCUT2D eigenvalue weighted by Crippen LogP contribution is 2.33. The molecule has 2 amide bonds. The Morgan fingerprint density at radius 3 is 2.80 bits per heavy atom. The van der Waals surface area contributed by atoms with Crippen LogP contribution in [0.5, 0.6) is 5.88 Å². The lowest BCUT2D eigenvalue weighted by Gasteiger charge is -2.24. The van der Waals surface area contributed by atoms with Crippen molar-refractivity contribution in [3.05, 3.63) is 41.7 Å². The van der Waals surface area contributed by atoms with Crippen LogP contribution < -0.4 is 15.4 Å². The van der Waals surface area contributed by atoms with Gasteiger partial charge in [-0.3, -0.25) is 9.59 Å². The van der Waals surface area contributed by atoms with Gasteiger partial charge >= 0.3 is 0 Å². The Bertz CT molecular complexity index is 808. The third kappa shape index (κ3) is 3.90. The molecule has 0 aliphatic carbocycles. The van der Waals surface area contributed by atoms with E-state index in [2.05, 4.69) is 20.8 Å². The van der Waals surface area contributed by atoms with Crippen LogP contribution in [0, 0.1) is 5.82 Å². The summed E-state index contributed by atoms with van der Waals surface area (Å²) in [6, 6.07) is 7.12. The highest BCUT2D eigenvalue weighted by Gasteiger charge is 2.31. The molecule has 130 valence electrons. The van der Waals surface area contributed by atoms with Gasteiger partial charge in [-0.2, -0.15) is 0 Å². The van der Waals surface area contributed by atoms with Crippen molar-refractivity contribution in [2.75, 3.05) is 10.6 Å². The van der Waals surface area contributed by atoms with Crippen LogP contribution in [-0.4, -0.2) is 28.1 Å². The van der Waals surface area contributed by atoms with Crippen LogP contribution in [0.1, 0.15) is 31.7 Å². The van der Waals surface area contributed by atoms with E-state index < -0.39 is 17.6 Å². The molecule has 0 bridgehead atoms. The van der Waals surface area contributed by atoms with Crippen molar-refractivity contribution in [3.8, 4) is 5.88 Å². The fraction of sp³-hybridized carbons (Fsp3) is 0.294. The van der Waals surface area contributed by atoms with Gasteiger partial charge < -0.3 is 15.4 Å². The minimum atomic E-state index is -0.724. The minimum Gasteiger partial charge on any atom is -0.474 e. The number of benzene rings is 1. The largest absolute Gasteiger partial charge is 0.474 e. The van der Waals surface area contributed by atoms with E-state index in [-0.39, 0.29) is 24.2 Å². The molecule has 2 heterocycles. The van der Waals surface area contributed by atoms with E-state index in [1.165, 1.54) is 18.2 Å². The number of nitrogens with zero attached hydrogens (tertiary/aromatic N) is 2. The molecule has 1 aromatic heterocycles. The summed E-state index contributed by atoms with van der Waals surface area (Å²) in [4.78, 5) is 24.3. The van der Waals surface area contributed by atoms with E-state index in [0.717, 1.165) is 0 Å². The summed E-state index contributed by atoms with van der Waals surface area (Å²) in [5, 5.41) is 13.0. The van der Waals surface area contributed by atoms with Gasteiger partial charge in [-0.15, -0.1) is 10.2 Å². The molecule has 0 spiro atoms. The highest BCUT2D eigenvalue weighted by molar-refractivity contribution is 6.04. The molecule has 0 fully saturated rings. The molecule has 0 radical (unpaired) electrons. The SMILES string of the molecule is CC(C)Oc1ccc(NC(=O)C2CC(=O)Nc3cc(F)ccc32)nn1. The lowest BCUT2D eigenvalue weighted by Crippen LogP contribution is -2.31. The molecule has 1 aliphatic heterocycles. The van der Waals surface area contributed by atoms with E-state index in [4.69, 9.17) is 4.74 Å². The molecule has 0 saturated heterocycles. The number of nitrogens with one attached hydrogen (secondary N) is 2. The van der Waals surface area contributed by atoms with Crippen molar-refractivity contribution >= 4 is 23.3 Å². The molecule has 25 heavy (non-hydrogen) atoms. The Hall–Kier alpha value is -3.03. The van der Waals surface area contributed by atoms with Crippen molar-refractivity contribution in [2.24, 2.45) is 0 Å². The third-order valence-corrected chi connectivity index (χ3v) is 3.62. The minimum absolute atomic E-state index is 0.0214. The second-order valence-electron chi connectivity index (χ2n) is 5.95. The second kappa shape index (κ2) is 6.84. The van der Waals surface area contributed by atoms with Gasteiger partial charge in [-0.05, 0) is 37.6 Å². The summed E-state index contributed by atoms with van der Waals surface area (Å²) in [6.45, 7) is 3.73. The maximum atomic E-state index is 13.3. The Morgan fingerprint density at radius 2 is 2.12 bits per heavy atom. The maximum absolute atomic E-state index is 13.3. The van der Waals surface area contributed by atoms with Crippen molar-refractivity contribution in [1.29, 1.82) is 0 Å². The van der Waals surface area contributed by atoms with Gasteiger partial charge in [-0.1, -0.05) is 6.07 Å². The third-order valence-electron chi connectivity index (χ3n) is 3.62. The van der Waals surface area contributed by atoms with Crippen LogP contribution in [0.2, 0.25) is 0 Å². The van der Waals surface area contributed by atoms with Crippen molar-refractivity contribution < 1.29 is 18.7 Å². The normalized spacial score (nSPS) is 16.2. The molecule has 8 heteroatoms. The first-order valence-electron chi connectivity index (χ1n) is 7.83. The Morgan fingerprint density at radius 1 is 1.32 bits per heavy atom. The first-order valence-corrected chi connectivity index (χ1v) is 7.83. The first kappa shape index (κ1) is 16.8. The average Bonchev–Trinajstić information content (AvgIpc) is 2.55. The van der Waals surface area contributed by atoms with E-state index >= 15 is 0 Å². The van der Waals surface area contributed by atoms with Crippen molar-refractivity contribution in [1.82, 2.24) is 10.2 Å². The molecule has 1 aromatic carbocycles. The molecular formula is C17H17FN4O3. The monoisotopic (exact) mass is 344 g/mol. The molecular weight excluding hydrogens is 327 g/mol. The van der Waals surface area contributed by atoms with Crippen LogP contribution in [0.3, 0.4) is 0 Å². The van der Waals surface area contributed by atoms with Crippen LogP contribution in [-0.2, 0) is 9.59 Å². The van der Waals surface area contributed by atoms with Gasteiger partial charge in [0.05, 0.1) is 12.0 Å². The first-order chi connectivity index (χ1) is 11.9. The quantitative estimate of drug-likeness (QED) is 0.889. The summed E-state index contributed by atoms with van der Waals surface area (Å²) >= 11 is 0. The Labute approximate surface area is 143 Å². The number of halogens is 1. The fourth-order valence-electron chi connectivity index (χ4n) is 2.58. The van der Waals surface area contributed by atoms with Crippen LogP contribution >= 0.6 is 0 Å². The van der Waals surface area contributed by atoms with Gasteiger partial charge in [0.15, 0.2) is 5.82 Å². The molecule has 7 nitrogen and oxygen atoms in total. The summed E-state index contributed by atoms with van der Waals surface area (Å²) < 4.78 is 18.7. The number of carbonyl (C=O) groups is 2. The number of carbonyl (C=O) groups excluding carboxylic acids is 2. The lowest BCUT2D eigenvalue weighted by atomic mass is 9.89. The van der Waals surface area contributed by atoms with Crippen LogP contribution in [0.4, 0.5) is 15.9 Å². The Kier molecular flexibility index (Phi) is 4.60. The topological polar surface area (TPSA) is 93.2 Å². The maximum Gasteiger partial charge on any atom is 0.233 e. The second-order valence-corrected chi connectivity index (χ2v) is 5.95. The summed E-state index contributed by atoms with van der Waals surface area (Å²) in [5.74, 6) is -1.36. The molecule has 0 saturated carbocycles. The smallest absolute Gasteiger partial charge is 0.233 e. The van der Waals surface area contributed by atoms with Crippen LogP contribution in [0.25, 0.3) is 0 Å². The Balaban J connectivity index is 1.76. The molecule has 1 aliphatic rings. The zero-order valence-electron chi connectivity index (χ0n) is 13.7. The van der Waals surface area contributed by atoms with Gasteiger partial charge in [0.2, 0.25) is 17.7 Å². The molecule has 1 unspecified atom stereocenters. The zero-order valence-corrected chi connectivity index (χ0v) is 13.7. The molecule has 1 atom stereocenters. The highest BCUT2D eigenvalue weighted by atomic mass is 19.1. The van der Waals surface area contributed by atoms with E-state index in [0.29, 0.717) is 17.1 Å². The van der Waals surface area contributed by atoms with Gasteiger partial charge in [0, 0.05) is 18.2 Å². The fourth-order valence-corrected chi connectivity index (χ4v) is 2.58. The predicted octanol–water partition coefficient (Wildman–Crippen LogP) is 2.47. The number of hydrogen-bond acceptors (Lipinski definition) is 5. The summed E-state index contributed by atoms with van der Waals surface area (Å²) in [7, 11) is 0. The number of hydrogen-bond donors (Lipinski definition) is 2. The molecule has 2 aromatic rings. The van der Waals surface area contributed by atoms with Crippen molar-refractivity contribution in [2.45, 2.75) is 32.3 Å². The lowest BCUT2D eigenvalue weighted by molar-refractivity contribution is -0.123. The van der Waals surface area contributed by atoms with E-state index in [9.17, 15) is 14.0 Å². The number of fused-ring (bicyclic) bond motifs is 1. The predicted molar refractivity (Wildman–Crippen MR) is 88.8 cm³/mol. The van der Waals surface area contributed by atoms with E-state index in [1.54, 1.807) is 12.1 Å². The van der Waals surface area contributed by atoms with Gasteiger partial charge in [-0.25, -0.2) is 4.39 Å². The van der Waals surface area contributed by atoms with Gasteiger partial charge in [0.25, 0.3) is 0 Å². The number of rotatable bonds is 4. The van der Waals surface area contributed by atoms with Gasteiger partial charge in [0.1, 0.15) is 5.82 Å². The molecule has 2 N–H and O–H groups in total. The number of anilines is 2. The standard InChI is InChI=1S/C17H17FN4O3/c1-9(2)25-16-6-5-14(21-22-16)20-17(24)12-8-15(23)19-13-7-10(18)3-4-11(12)13/h3-7,9,12H,8H2,1-2H3,(H,19,23)(H,20,21,24). The van der Waals surface area contributed by atoms with Crippen molar-refractivity contribution in [3.63, 3.8) is 0 Å². The van der Waals surface area contributed by atoms with Crippen LogP contribution in [0.15, 0.2) is 30.3 Å². The molecule has 3 rings (SSSR count). The summed E-state index contributed by atoms with van der Waals surface area (Å²) in [5.41, 5.74) is 0.870. The summed E-state index contributed by atoms with van der Waals surface area (Å²) in [6.07, 6.45) is -0.0562. The van der Waals surface area contributed by atoms with E-state index in [1.807, 2.05) is 13.8 Å². The number of amides is 2. The average molecular weight is 344 g/mol. The number of ether oxygens (including phenoxy) is 1. The zero-order chi connectivity index (χ0) is 18.0. The number of aromatic nitrogens is 2.